The van der Waals surface area contributed by atoms with E-state index in [9.17, 15) is 18.0 Å². The zero-order valence-electron chi connectivity index (χ0n) is 19.7. The lowest BCUT2D eigenvalue weighted by atomic mass is 10.1. The summed E-state index contributed by atoms with van der Waals surface area (Å²) in [7, 11) is -3.88. The van der Waals surface area contributed by atoms with Crippen LogP contribution in [0.4, 0.5) is 5.69 Å². The summed E-state index contributed by atoms with van der Waals surface area (Å²) in [4.78, 5) is 27.6. The Morgan fingerprint density at radius 2 is 1.49 bits per heavy atom. The highest BCUT2D eigenvalue weighted by molar-refractivity contribution is 7.92. The number of hydrogen-bond donors (Lipinski definition) is 1. The fraction of sp³-hybridized carbons (Fsp3) is 0.391. The van der Waals surface area contributed by atoms with Crippen molar-refractivity contribution in [1.29, 1.82) is 0 Å². The molecule has 2 aromatic rings. The molecule has 2 rings (SSSR count). The molecule has 12 heteroatoms. The summed E-state index contributed by atoms with van der Waals surface area (Å²) in [6.45, 7) is 5.35. The molecule has 0 aliphatic heterocycles. The minimum atomic E-state index is -3.88. The van der Waals surface area contributed by atoms with Gasteiger partial charge in [0.1, 0.15) is 12.6 Å². The van der Waals surface area contributed by atoms with Gasteiger partial charge in [-0.05, 0) is 48.7 Å². The second-order valence-electron chi connectivity index (χ2n) is 8.45. The molecule has 0 saturated heterocycles. The maximum absolute atomic E-state index is 13.5. The van der Waals surface area contributed by atoms with Gasteiger partial charge in [-0.1, -0.05) is 66.3 Å². The maximum atomic E-state index is 13.5. The highest BCUT2D eigenvalue weighted by atomic mass is 35.5. The average Bonchev–Trinajstić information content (AvgIpc) is 2.77. The Morgan fingerprint density at radius 1 is 0.914 bits per heavy atom. The van der Waals surface area contributed by atoms with Gasteiger partial charge < -0.3 is 10.2 Å². The Morgan fingerprint density at radius 3 is 2.00 bits per heavy atom. The van der Waals surface area contributed by atoms with Gasteiger partial charge in [0.25, 0.3) is 0 Å². The number of halogens is 4. The van der Waals surface area contributed by atoms with Crippen LogP contribution in [0.5, 0.6) is 0 Å². The van der Waals surface area contributed by atoms with Gasteiger partial charge in [-0.15, -0.1) is 0 Å². The molecule has 0 radical (unpaired) electrons. The maximum Gasteiger partial charge on any atom is 0.244 e. The first-order chi connectivity index (χ1) is 16.2. The Hall–Kier alpha value is -1.71. The number of benzene rings is 2. The number of nitrogens with zero attached hydrogens (tertiary/aromatic N) is 2. The third-order valence-corrected chi connectivity index (χ3v) is 7.68. The molecule has 192 valence electrons. The third kappa shape index (κ3) is 8.43. The molecule has 2 amide bonds. The van der Waals surface area contributed by atoms with Gasteiger partial charge in [-0.3, -0.25) is 13.9 Å². The molecule has 0 bridgehead atoms. The number of hydrogen-bond acceptors (Lipinski definition) is 4. The topological polar surface area (TPSA) is 86.8 Å². The van der Waals surface area contributed by atoms with E-state index in [1.165, 1.54) is 23.1 Å². The predicted molar refractivity (Wildman–Crippen MR) is 143 cm³/mol. The van der Waals surface area contributed by atoms with E-state index in [2.05, 4.69) is 5.32 Å². The van der Waals surface area contributed by atoms with Crippen LogP contribution in [0.2, 0.25) is 20.1 Å². The molecule has 7 nitrogen and oxygen atoms in total. The van der Waals surface area contributed by atoms with Crippen LogP contribution >= 0.6 is 46.4 Å². The quantitative estimate of drug-likeness (QED) is 0.414. The normalized spacial score (nSPS) is 12.4. The number of carbonyl (C=O) groups excluding carboxylic acids is 2. The van der Waals surface area contributed by atoms with Crippen molar-refractivity contribution in [3.05, 3.63) is 62.1 Å². The largest absolute Gasteiger partial charge is 0.354 e. The van der Waals surface area contributed by atoms with Crippen LogP contribution in [0.25, 0.3) is 0 Å². The average molecular weight is 583 g/mol. The fourth-order valence-corrected chi connectivity index (χ4v) is 4.58. The Labute approximate surface area is 226 Å². The second kappa shape index (κ2) is 12.5. The summed E-state index contributed by atoms with van der Waals surface area (Å²) in [5.74, 6) is -0.756. The first-order valence-electron chi connectivity index (χ1n) is 10.6. The van der Waals surface area contributed by atoms with Crippen LogP contribution in [0, 0.1) is 5.92 Å². The van der Waals surface area contributed by atoms with Gasteiger partial charge in [0, 0.05) is 13.1 Å². The van der Waals surface area contributed by atoms with Crippen LogP contribution in [-0.2, 0) is 26.2 Å². The molecule has 1 atom stereocenters. The summed E-state index contributed by atoms with van der Waals surface area (Å²) in [6, 6.07) is 8.22. The lowest BCUT2D eigenvalue weighted by molar-refractivity contribution is -0.139. The molecule has 1 N–H and O–H groups in total. The van der Waals surface area contributed by atoms with Gasteiger partial charge in [0.15, 0.2) is 0 Å². The standard InChI is InChI=1S/C23H27Cl4N3O4S/c1-14(2)11-28-23(32)15(3)29(12-16-5-7-18(24)20(26)9-16)22(31)13-30(35(4,33)34)17-6-8-19(25)21(27)10-17/h5-10,14-15H,11-13H2,1-4H3,(H,28,32)/t15-/m0/s1. The molecule has 0 spiro atoms. The minimum absolute atomic E-state index is 0.00492. The highest BCUT2D eigenvalue weighted by Gasteiger charge is 2.30. The zero-order chi connectivity index (χ0) is 26.5. The van der Waals surface area contributed by atoms with Gasteiger partial charge in [-0.25, -0.2) is 8.42 Å². The van der Waals surface area contributed by atoms with Crippen molar-refractivity contribution in [3.8, 4) is 0 Å². The zero-order valence-corrected chi connectivity index (χ0v) is 23.5. The van der Waals surface area contributed by atoms with Crippen LogP contribution in [0.15, 0.2) is 36.4 Å². The lowest BCUT2D eigenvalue weighted by Crippen LogP contribution is -2.51. The Balaban J connectivity index is 2.41. The van der Waals surface area contributed by atoms with Crippen LogP contribution in [-0.4, -0.2) is 50.5 Å². The van der Waals surface area contributed by atoms with Crippen molar-refractivity contribution >= 4 is 73.9 Å². The van der Waals surface area contributed by atoms with Gasteiger partial charge in [0.2, 0.25) is 21.8 Å². The number of anilines is 1. The second-order valence-corrected chi connectivity index (χ2v) is 12.0. The van der Waals surface area contributed by atoms with E-state index in [0.717, 1.165) is 10.6 Å². The number of nitrogens with one attached hydrogen (secondary N) is 1. The van der Waals surface area contributed by atoms with Crippen molar-refractivity contribution in [2.75, 3.05) is 23.7 Å². The van der Waals surface area contributed by atoms with E-state index in [1.807, 2.05) is 13.8 Å². The first kappa shape index (κ1) is 29.5. The summed E-state index contributed by atoms with van der Waals surface area (Å²) < 4.78 is 26.1. The van der Waals surface area contributed by atoms with Gasteiger partial charge in [0.05, 0.1) is 32.0 Å². The molecular formula is C23H27Cl4N3O4S. The summed E-state index contributed by atoms with van der Waals surface area (Å²) in [5, 5.41) is 3.83. The predicted octanol–water partition coefficient (Wildman–Crippen LogP) is 5.26. The van der Waals surface area contributed by atoms with Crippen molar-refractivity contribution in [3.63, 3.8) is 0 Å². The molecule has 0 aliphatic carbocycles. The molecular weight excluding hydrogens is 556 g/mol. The third-order valence-electron chi connectivity index (χ3n) is 5.06. The number of rotatable bonds is 10. The monoisotopic (exact) mass is 581 g/mol. The van der Waals surface area contributed by atoms with Crippen molar-refractivity contribution in [2.24, 2.45) is 5.92 Å². The van der Waals surface area contributed by atoms with Gasteiger partial charge in [-0.2, -0.15) is 0 Å². The fourth-order valence-electron chi connectivity index (χ4n) is 3.12. The molecule has 0 aromatic heterocycles. The summed E-state index contributed by atoms with van der Waals surface area (Å²) in [6.07, 6.45) is 0.977. The molecule has 2 aromatic carbocycles. The van der Waals surface area contributed by atoms with Crippen molar-refractivity contribution < 1.29 is 18.0 Å². The molecule has 0 aliphatic rings. The summed E-state index contributed by atoms with van der Waals surface area (Å²) >= 11 is 24.2. The summed E-state index contributed by atoms with van der Waals surface area (Å²) in [5.41, 5.74) is 0.790. The van der Waals surface area contributed by atoms with Gasteiger partial charge >= 0.3 is 0 Å². The Bertz CT molecular complexity index is 1190. The smallest absolute Gasteiger partial charge is 0.244 e. The minimum Gasteiger partial charge on any atom is -0.354 e. The van der Waals surface area contributed by atoms with Crippen molar-refractivity contribution in [1.82, 2.24) is 10.2 Å². The number of amides is 2. The SMILES string of the molecule is CC(C)CNC(=O)[C@H](C)N(Cc1ccc(Cl)c(Cl)c1)C(=O)CN(c1ccc(Cl)c(Cl)c1)S(C)(=O)=O. The molecule has 0 saturated carbocycles. The Kier molecular flexibility index (Phi) is 10.5. The van der Waals surface area contributed by atoms with E-state index in [0.29, 0.717) is 22.2 Å². The van der Waals surface area contributed by atoms with Crippen LogP contribution in [0.3, 0.4) is 0 Å². The van der Waals surface area contributed by atoms with E-state index < -0.39 is 28.5 Å². The van der Waals surface area contributed by atoms with E-state index >= 15 is 0 Å². The molecule has 0 unspecified atom stereocenters. The van der Waals surface area contributed by atoms with E-state index in [4.69, 9.17) is 46.4 Å². The molecule has 0 heterocycles. The van der Waals surface area contributed by atoms with E-state index in [-0.39, 0.29) is 34.1 Å². The number of carbonyl (C=O) groups is 2. The number of sulfonamides is 1. The van der Waals surface area contributed by atoms with Crippen LogP contribution < -0.4 is 9.62 Å². The highest BCUT2D eigenvalue weighted by Crippen LogP contribution is 2.29. The van der Waals surface area contributed by atoms with Crippen molar-refractivity contribution in [2.45, 2.75) is 33.4 Å². The van der Waals surface area contributed by atoms with E-state index in [1.54, 1.807) is 25.1 Å². The lowest BCUT2D eigenvalue weighted by Gasteiger charge is -2.31. The molecule has 35 heavy (non-hydrogen) atoms. The first-order valence-corrected chi connectivity index (χ1v) is 14.0. The van der Waals surface area contributed by atoms with Crippen LogP contribution in [0.1, 0.15) is 26.3 Å². The molecule has 0 fully saturated rings.